The van der Waals surface area contributed by atoms with E-state index in [-0.39, 0.29) is 23.7 Å². The van der Waals surface area contributed by atoms with Gasteiger partial charge >= 0.3 is 0 Å². The molecule has 0 spiro atoms. The van der Waals surface area contributed by atoms with Crippen LogP contribution in [0.1, 0.15) is 46.4 Å². The van der Waals surface area contributed by atoms with Crippen LogP contribution in [0.5, 0.6) is 0 Å². The monoisotopic (exact) mass is 269 g/mol. The van der Waals surface area contributed by atoms with Crippen molar-refractivity contribution in [2.24, 2.45) is 5.92 Å². The van der Waals surface area contributed by atoms with E-state index in [1.54, 1.807) is 6.92 Å². The van der Waals surface area contributed by atoms with Crippen LogP contribution in [0.25, 0.3) is 0 Å². The largest absolute Gasteiger partial charge is 0.346 e. The molecule has 1 aromatic heterocycles. The van der Waals surface area contributed by atoms with Crippen LogP contribution < -0.4 is 5.32 Å². The molecule has 0 saturated carbocycles. The predicted octanol–water partition coefficient (Wildman–Crippen LogP) is 1.02. The molecule has 1 heterocycles. The number of aryl methyl sites for hydroxylation is 1. The number of hydrogen-bond donors (Lipinski definition) is 2. The van der Waals surface area contributed by atoms with Gasteiger partial charge in [0.2, 0.25) is 5.91 Å². The van der Waals surface area contributed by atoms with Crippen molar-refractivity contribution in [3.63, 3.8) is 0 Å². The van der Waals surface area contributed by atoms with Gasteiger partial charge in [-0.3, -0.25) is 9.59 Å². The molecule has 0 aliphatic heterocycles. The van der Waals surface area contributed by atoms with Gasteiger partial charge in [0.05, 0.1) is 6.04 Å². The number of carbonyl (C=O) groups excluding carboxylic acids is 2. The van der Waals surface area contributed by atoms with Crippen LogP contribution in [-0.4, -0.2) is 38.4 Å². The molecule has 0 bridgehead atoms. The zero-order chi connectivity index (χ0) is 14.8. The molecule has 0 aromatic carbocycles. The second kappa shape index (κ2) is 9.18. The third-order valence-corrected chi connectivity index (χ3v) is 2.73. The van der Waals surface area contributed by atoms with Gasteiger partial charge in [-0.25, -0.2) is 0 Å². The topological polar surface area (TPSA) is 101 Å². The predicted molar refractivity (Wildman–Crippen MR) is 71.3 cm³/mol. The van der Waals surface area contributed by atoms with Gasteiger partial charge in [-0.05, 0) is 26.7 Å². The van der Waals surface area contributed by atoms with Gasteiger partial charge in [0, 0.05) is 5.92 Å². The lowest BCUT2D eigenvalue weighted by Crippen LogP contribution is -2.41. The lowest BCUT2D eigenvalue weighted by atomic mass is 10.1. The highest BCUT2D eigenvalue weighted by molar-refractivity contribution is 5.88. The van der Waals surface area contributed by atoms with Crippen molar-refractivity contribution in [3.05, 3.63) is 5.82 Å². The van der Waals surface area contributed by atoms with Crippen LogP contribution in [-0.2, 0) is 9.59 Å². The van der Waals surface area contributed by atoms with Gasteiger partial charge in [-0.2, -0.15) is 5.21 Å². The van der Waals surface area contributed by atoms with Gasteiger partial charge in [0.25, 0.3) is 0 Å². The van der Waals surface area contributed by atoms with Crippen LogP contribution in [0.3, 0.4) is 0 Å². The van der Waals surface area contributed by atoms with E-state index in [0.717, 1.165) is 6.42 Å². The maximum absolute atomic E-state index is 11.4. The number of tetrazole rings is 1. The minimum Gasteiger partial charge on any atom is -0.346 e. The van der Waals surface area contributed by atoms with E-state index < -0.39 is 0 Å². The van der Waals surface area contributed by atoms with E-state index in [4.69, 9.17) is 0 Å². The molecule has 7 nitrogen and oxygen atoms in total. The molecule has 2 atom stereocenters. The molecule has 0 radical (unpaired) electrons. The van der Waals surface area contributed by atoms with Gasteiger partial charge in [0.15, 0.2) is 11.6 Å². The minimum atomic E-state index is -0.304. The zero-order valence-electron chi connectivity index (χ0n) is 12.2. The van der Waals surface area contributed by atoms with Gasteiger partial charge < -0.3 is 5.32 Å². The fourth-order valence-electron chi connectivity index (χ4n) is 1.20. The summed E-state index contributed by atoms with van der Waals surface area (Å²) in [6.07, 6.45) is 1.47. The molecule has 0 aliphatic carbocycles. The number of aromatic nitrogens is 4. The molecular weight excluding hydrogens is 246 g/mol. The second-order valence-electron chi connectivity index (χ2n) is 4.35. The summed E-state index contributed by atoms with van der Waals surface area (Å²) >= 11 is 0. The first-order chi connectivity index (χ1) is 8.92. The Hall–Kier alpha value is -1.79. The fraction of sp³-hybridized carbons (Fsp3) is 0.750. The number of Topliss-reactive ketones (excluding diaryl/α,β-unsaturated/α-hetero) is 1. The van der Waals surface area contributed by atoms with Crippen molar-refractivity contribution in [1.29, 1.82) is 0 Å². The smallest absolute Gasteiger partial charge is 0.223 e. The summed E-state index contributed by atoms with van der Waals surface area (Å²) in [6, 6.07) is -0.304. The van der Waals surface area contributed by atoms with Crippen molar-refractivity contribution in [2.45, 2.75) is 53.5 Å². The Kier molecular flexibility index (Phi) is 8.32. The van der Waals surface area contributed by atoms with E-state index in [2.05, 4.69) is 25.9 Å². The lowest BCUT2D eigenvalue weighted by molar-refractivity contribution is -0.129. The van der Waals surface area contributed by atoms with Gasteiger partial charge in [-0.1, -0.05) is 26.0 Å². The number of nitrogens with zero attached hydrogens (tertiary/aromatic N) is 3. The molecule has 19 heavy (non-hydrogen) atoms. The summed E-state index contributed by atoms with van der Waals surface area (Å²) < 4.78 is 0. The Morgan fingerprint density at radius 3 is 2.21 bits per heavy atom. The molecule has 1 rings (SSSR count). The molecular formula is C12H23N5O2. The lowest BCUT2D eigenvalue weighted by Gasteiger charge is -2.16. The number of nitrogens with one attached hydrogen (secondary N) is 2. The third kappa shape index (κ3) is 7.28. The first-order valence-corrected chi connectivity index (χ1v) is 6.43. The number of aromatic amines is 1. The number of rotatable bonds is 5. The molecule has 0 fully saturated rings. The first kappa shape index (κ1) is 17.2. The molecule has 1 amide bonds. The molecule has 2 N–H and O–H groups in total. The highest BCUT2D eigenvalue weighted by Gasteiger charge is 2.17. The van der Waals surface area contributed by atoms with Gasteiger partial charge in [-0.15, -0.1) is 10.2 Å². The molecule has 108 valence electrons. The fourth-order valence-corrected chi connectivity index (χ4v) is 1.20. The van der Waals surface area contributed by atoms with Crippen LogP contribution >= 0.6 is 0 Å². The highest BCUT2D eigenvalue weighted by atomic mass is 16.2. The average Bonchev–Trinajstić information content (AvgIpc) is 2.86. The summed E-state index contributed by atoms with van der Waals surface area (Å²) in [6.45, 7) is 8.98. The van der Waals surface area contributed by atoms with Crippen molar-refractivity contribution in [2.75, 3.05) is 0 Å². The SMILES string of the molecule is CCC(C)C(=O)NC(CC)C(C)=O.Cc1nn[nH]n1. The standard InChI is InChI=1S/C10H19NO2.C2H4N4/c1-5-7(3)10(13)11-9(6-2)8(4)12;1-2-3-5-6-4-2/h7,9H,5-6H2,1-4H3,(H,11,13);1H3,(H,3,4,5,6). The van der Waals surface area contributed by atoms with E-state index >= 15 is 0 Å². The second-order valence-corrected chi connectivity index (χ2v) is 4.35. The van der Waals surface area contributed by atoms with Crippen molar-refractivity contribution < 1.29 is 9.59 Å². The Morgan fingerprint density at radius 1 is 1.32 bits per heavy atom. The third-order valence-electron chi connectivity index (χ3n) is 2.73. The quantitative estimate of drug-likeness (QED) is 0.831. The Bertz CT molecular complexity index is 377. The highest BCUT2D eigenvalue weighted by Crippen LogP contribution is 2.02. The maximum Gasteiger partial charge on any atom is 0.223 e. The number of carbonyl (C=O) groups is 2. The average molecular weight is 269 g/mol. The first-order valence-electron chi connectivity index (χ1n) is 6.43. The summed E-state index contributed by atoms with van der Waals surface area (Å²) in [5.74, 6) is 0.673. The summed E-state index contributed by atoms with van der Waals surface area (Å²) in [4.78, 5) is 22.4. The minimum absolute atomic E-state index is 0.00611. The number of H-pyrrole nitrogens is 1. The van der Waals surface area contributed by atoms with E-state index in [9.17, 15) is 9.59 Å². The van der Waals surface area contributed by atoms with Crippen LogP contribution in [0.15, 0.2) is 0 Å². The Balaban J connectivity index is 0.000000443. The van der Waals surface area contributed by atoms with E-state index in [1.165, 1.54) is 6.92 Å². The Morgan fingerprint density at radius 2 is 1.95 bits per heavy atom. The number of ketones is 1. The van der Waals surface area contributed by atoms with Crippen molar-refractivity contribution in [3.8, 4) is 0 Å². The van der Waals surface area contributed by atoms with Crippen LogP contribution in [0.2, 0.25) is 0 Å². The normalized spacial score (nSPS) is 12.9. The van der Waals surface area contributed by atoms with Crippen molar-refractivity contribution >= 4 is 11.7 Å². The Labute approximate surface area is 113 Å². The molecule has 0 aliphatic rings. The summed E-state index contributed by atoms with van der Waals surface area (Å²) in [5.41, 5.74) is 0. The van der Waals surface area contributed by atoms with Gasteiger partial charge in [0.1, 0.15) is 0 Å². The summed E-state index contributed by atoms with van der Waals surface area (Å²) in [7, 11) is 0. The molecule has 0 saturated heterocycles. The van der Waals surface area contributed by atoms with E-state index in [1.807, 2.05) is 20.8 Å². The number of hydrogen-bond acceptors (Lipinski definition) is 5. The zero-order valence-corrected chi connectivity index (χ0v) is 12.2. The van der Waals surface area contributed by atoms with Crippen molar-refractivity contribution in [1.82, 2.24) is 25.9 Å². The van der Waals surface area contributed by atoms with Crippen LogP contribution in [0, 0.1) is 12.8 Å². The molecule has 2 unspecified atom stereocenters. The number of amides is 1. The molecule has 1 aromatic rings. The molecule has 7 heteroatoms. The van der Waals surface area contributed by atoms with E-state index in [0.29, 0.717) is 12.2 Å². The van der Waals surface area contributed by atoms with Crippen LogP contribution in [0.4, 0.5) is 0 Å². The maximum atomic E-state index is 11.4. The summed E-state index contributed by atoms with van der Waals surface area (Å²) in [5, 5.41) is 15.5.